The maximum absolute atomic E-state index is 11.5. The van der Waals surface area contributed by atoms with E-state index < -0.39 is 0 Å². The Balaban J connectivity index is 2.81. The summed E-state index contributed by atoms with van der Waals surface area (Å²) in [5, 5.41) is 8.75. The van der Waals surface area contributed by atoms with Crippen LogP contribution in [-0.4, -0.2) is 5.78 Å². The summed E-state index contributed by atoms with van der Waals surface area (Å²) in [5.74, 6) is 0.619. The summed E-state index contributed by atoms with van der Waals surface area (Å²) >= 11 is 0. The molecule has 90 valence electrons. The van der Waals surface area contributed by atoms with E-state index in [-0.39, 0.29) is 0 Å². The summed E-state index contributed by atoms with van der Waals surface area (Å²) in [4.78, 5) is 11.5. The fourth-order valence-corrected chi connectivity index (χ4v) is 1.98. The van der Waals surface area contributed by atoms with E-state index in [2.05, 4.69) is 13.0 Å². The molecule has 0 N–H and O–H groups in total. The molecule has 1 unspecified atom stereocenters. The van der Waals surface area contributed by atoms with Crippen LogP contribution in [0.1, 0.15) is 56.6 Å². The summed E-state index contributed by atoms with van der Waals surface area (Å²) < 4.78 is 0. The molecule has 0 fully saturated rings. The number of ketones is 1. The van der Waals surface area contributed by atoms with Crippen LogP contribution in [0, 0.1) is 11.3 Å². The minimum Gasteiger partial charge on any atom is -0.300 e. The van der Waals surface area contributed by atoms with Gasteiger partial charge in [-0.25, -0.2) is 0 Å². The van der Waals surface area contributed by atoms with Crippen molar-refractivity contribution in [3.8, 4) is 6.07 Å². The molecule has 0 saturated heterocycles. The summed E-state index contributed by atoms with van der Waals surface area (Å²) in [6.07, 6.45) is 3.33. The molecular weight excluding hydrogens is 210 g/mol. The van der Waals surface area contributed by atoms with Crippen LogP contribution < -0.4 is 0 Å². The predicted octanol–water partition coefficient (Wildman–Crippen LogP) is 3.81. The molecule has 1 rings (SSSR count). The number of nitriles is 1. The van der Waals surface area contributed by atoms with E-state index in [0.717, 1.165) is 12.8 Å². The Kier molecular flexibility index (Phi) is 5.42. The van der Waals surface area contributed by atoms with Crippen molar-refractivity contribution in [1.82, 2.24) is 0 Å². The SMILES string of the molecule is CCCC(CC(=O)CC)c1ccc(C#N)cc1. The molecule has 0 aliphatic carbocycles. The van der Waals surface area contributed by atoms with Gasteiger partial charge in [0.1, 0.15) is 5.78 Å². The van der Waals surface area contributed by atoms with Crippen LogP contribution >= 0.6 is 0 Å². The van der Waals surface area contributed by atoms with E-state index >= 15 is 0 Å². The Labute approximate surface area is 103 Å². The lowest BCUT2D eigenvalue weighted by atomic mass is 9.89. The van der Waals surface area contributed by atoms with Gasteiger partial charge in [0, 0.05) is 12.8 Å². The lowest BCUT2D eigenvalue weighted by molar-refractivity contribution is -0.119. The van der Waals surface area contributed by atoms with Gasteiger partial charge in [0.05, 0.1) is 11.6 Å². The van der Waals surface area contributed by atoms with E-state index in [9.17, 15) is 4.79 Å². The van der Waals surface area contributed by atoms with Crippen LogP contribution in [0.25, 0.3) is 0 Å². The van der Waals surface area contributed by atoms with Gasteiger partial charge in [-0.15, -0.1) is 0 Å². The minimum absolute atomic E-state index is 0.306. The summed E-state index contributed by atoms with van der Waals surface area (Å²) in [7, 11) is 0. The third kappa shape index (κ3) is 4.03. The second kappa shape index (κ2) is 6.85. The molecule has 0 aliphatic heterocycles. The van der Waals surface area contributed by atoms with Crippen molar-refractivity contribution in [1.29, 1.82) is 5.26 Å². The lowest BCUT2D eigenvalue weighted by Gasteiger charge is -2.15. The zero-order chi connectivity index (χ0) is 12.7. The molecule has 2 nitrogen and oxygen atoms in total. The highest BCUT2D eigenvalue weighted by Crippen LogP contribution is 2.25. The Hall–Kier alpha value is -1.62. The Morgan fingerprint density at radius 2 is 1.94 bits per heavy atom. The fourth-order valence-electron chi connectivity index (χ4n) is 1.98. The lowest BCUT2D eigenvalue weighted by Crippen LogP contribution is -2.06. The van der Waals surface area contributed by atoms with Gasteiger partial charge in [0.15, 0.2) is 0 Å². The number of carbonyl (C=O) groups excluding carboxylic acids is 1. The maximum Gasteiger partial charge on any atom is 0.133 e. The molecule has 0 bridgehead atoms. The van der Waals surface area contributed by atoms with E-state index in [1.807, 2.05) is 31.2 Å². The van der Waals surface area contributed by atoms with E-state index in [4.69, 9.17) is 5.26 Å². The van der Waals surface area contributed by atoms with Crippen LogP contribution in [-0.2, 0) is 4.79 Å². The minimum atomic E-state index is 0.306. The normalized spacial score (nSPS) is 11.8. The molecule has 1 atom stereocenters. The number of rotatable bonds is 6. The molecule has 0 amide bonds. The highest BCUT2D eigenvalue weighted by atomic mass is 16.1. The van der Waals surface area contributed by atoms with Gasteiger partial charge in [-0.05, 0) is 30.0 Å². The second-order valence-electron chi connectivity index (χ2n) is 4.32. The van der Waals surface area contributed by atoms with Crippen LogP contribution in [0.4, 0.5) is 0 Å². The monoisotopic (exact) mass is 229 g/mol. The van der Waals surface area contributed by atoms with Crippen molar-refractivity contribution in [2.45, 2.75) is 45.4 Å². The Bertz CT molecular complexity index is 400. The zero-order valence-electron chi connectivity index (χ0n) is 10.6. The van der Waals surface area contributed by atoms with Crippen LogP contribution in [0.5, 0.6) is 0 Å². The third-order valence-corrected chi connectivity index (χ3v) is 3.02. The van der Waals surface area contributed by atoms with Gasteiger partial charge in [0.25, 0.3) is 0 Å². The largest absolute Gasteiger partial charge is 0.300 e. The van der Waals surface area contributed by atoms with Crippen LogP contribution in [0.3, 0.4) is 0 Å². The molecule has 17 heavy (non-hydrogen) atoms. The molecule has 2 heteroatoms. The van der Waals surface area contributed by atoms with Crippen LogP contribution in [0.2, 0.25) is 0 Å². The van der Waals surface area contributed by atoms with Crippen molar-refractivity contribution in [2.24, 2.45) is 0 Å². The standard InChI is InChI=1S/C15H19NO/c1-3-5-14(10-15(17)4-2)13-8-6-12(11-16)7-9-13/h6-9,14H,3-5,10H2,1-2H3. The van der Waals surface area contributed by atoms with Gasteiger partial charge in [-0.1, -0.05) is 32.4 Å². The van der Waals surface area contributed by atoms with Gasteiger partial charge in [-0.3, -0.25) is 4.79 Å². The van der Waals surface area contributed by atoms with Gasteiger partial charge in [0.2, 0.25) is 0 Å². The first-order valence-electron chi connectivity index (χ1n) is 6.23. The first-order valence-corrected chi connectivity index (χ1v) is 6.23. The van der Waals surface area contributed by atoms with Crippen molar-refractivity contribution >= 4 is 5.78 Å². The highest BCUT2D eigenvalue weighted by molar-refractivity contribution is 5.78. The summed E-state index contributed by atoms with van der Waals surface area (Å²) in [6, 6.07) is 9.71. The number of carbonyl (C=O) groups is 1. The average molecular weight is 229 g/mol. The quantitative estimate of drug-likeness (QED) is 0.744. The van der Waals surface area contributed by atoms with Crippen molar-refractivity contribution < 1.29 is 4.79 Å². The van der Waals surface area contributed by atoms with Gasteiger partial charge >= 0.3 is 0 Å². The molecule has 1 aromatic rings. The van der Waals surface area contributed by atoms with Gasteiger partial charge in [-0.2, -0.15) is 5.26 Å². The fraction of sp³-hybridized carbons (Fsp3) is 0.467. The first-order chi connectivity index (χ1) is 8.21. The smallest absolute Gasteiger partial charge is 0.133 e. The highest BCUT2D eigenvalue weighted by Gasteiger charge is 2.14. The number of nitrogens with zero attached hydrogens (tertiary/aromatic N) is 1. The Morgan fingerprint density at radius 1 is 1.29 bits per heavy atom. The second-order valence-corrected chi connectivity index (χ2v) is 4.32. The van der Waals surface area contributed by atoms with Gasteiger partial charge < -0.3 is 0 Å². The summed E-state index contributed by atoms with van der Waals surface area (Å²) in [5.41, 5.74) is 1.85. The van der Waals surface area contributed by atoms with Crippen LogP contribution in [0.15, 0.2) is 24.3 Å². The van der Waals surface area contributed by atoms with E-state index in [1.165, 1.54) is 5.56 Å². The predicted molar refractivity (Wildman–Crippen MR) is 68.7 cm³/mol. The topological polar surface area (TPSA) is 40.9 Å². The number of benzene rings is 1. The molecule has 0 aromatic heterocycles. The number of hydrogen-bond acceptors (Lipinski definition) is 2. The first kappa shape index (κ1) is 13.4. The van der Waals surface area contributed by atoms with Crippen molar-refractivity contribution in [3.63, 3.8) is 0 Å². The van der Waals surface area contributed by atoms with E-state index in [0.29, 0.717) is 30.1 Å². The molecule has 0 radical (unpaired) electrons. The molecular formula is C15H19NO. The maximum atomic E-state index is 11.5. The summed E-state index contributed by atoms with van der Waals surface area (Å²) in [6.45, 7) is 4.04. The molecule has 0 heterocycles. The van der Waals surface area contributed by atoms with E-state index in [1.54, 1.807) is 0 Å². The third-order valence-electron chi connectivity index (χ3n) is 3.02. The molecule has 1 aromatic carbocycles. The zero-order valence-corrected chi connectivity index (χ0v) is 10.6. The average Bonchev–Trinajstić information content (AvgIpc) is 2.38. The van der Waals surface area contributed by atoms with Crippen molar-refractivity contribution in [2.75, 3.05) is 0 Å². The Morgan fingerprint density at radius 3 is 2.41 bits per heavy atom. The number of hydrogen-bond donors (Lipinski definition) is 0. The molecule has 0 aliphatic rings. The molecule has 0 saturated carbocycles. The van der Waals surface area contributed by atoms with Crippen molar-refractivity contribution in [3.05, 3.63) is 35.4 Å². The number of Topliss-reactive ketones (excluding diaryl/α,β-unsaturated/α-hetero) is 1. The molecule has 0 spiro atoms.